The van der Waals surface area contributed by atoms with Crippen molar-refractivity contribution in [2.45, 2.75) is 25.8 Å². The lowest BCUT2D eigenvalue weighted by molar-refractivity contribution is 0.0995. The minimum Gasteiger partial charge on any atom is -0.306 e. The van der Waals surface area contributed by atoms with E-state index in [-0.39, 0.29) is 5.78 Å². The molecule has 0 spiro atoms. The van der Waals surface area contributed by atoms with Crippen LogP contribution in [0.5, 0.6) is 0 Å². The highest BCUT2D eigenvalue weighted by Crippen LogP contribution is 2.22. The third kappa shape index (κ3) is 2.09. The quantitative estimate of drug-likeness (QED) is 0.687. The maximum absolute atomic E-state index is 11.4. The van der Waals surface area contributed by atoms with Crippen molar-refractivity contribution in [3.8, 4) is 0 Å². The summed E-state index contributed by atoms with van der Waals surface area (Å²) in [5.41, 5.74) is 0.740. The Morgan fingerprint density at radius 1 is 1.47 bits per heavy atom. The summed E-state index contributed by atoms with van der Waals surface area (Å²) in [6.07, 6.45) is 3.88. The van der Waals surface area contributed by atoms with Crippen LogP contribution in [0.2, 0.25) is 0 Å². The van der Waals surface area contributed by atoms with Crippen LogP contribution in [0, 0.1) is 0 Å². The molecular formula is C11H17N3O. The third-order valence-electron chi connectivity index (χ3n) is 3.06. The lowest BCUT2D eigenvalue weighted by Crippen LogP contribution is -2.32. The van der Waals surface area contributed by atoms with Gasteiger partial charge in [-0.25, -0.2) is 0 Å². The first-order valence-corrected chi connectivity index (χ1v) is 5.41. The monoisotopic (exact) mass is 207 g/mol. The van der Waals surface area contributed by atoms with Gasteiger partial charge in [-0.05, 0) is 39.0 Å². The molecule has 2 rings (SSSR count). The predicted molar refractivity (Wildman–Crippen MR) is 58.0 cm³/mol. The molecule has 2 heterocycles. The number of likely N-dealkylation sites (tertiary alicyclic amines) is 1. The van der Waals surface area contributed by atoms with Crippen molar-refractivity contribution in [2.24, 2.45) is 0 Å². The minimum atomic E-state index is 0.103. The second kappa shape index (κ2) is 4.14. The molecule has 1 aliphatic heterocycles. The Balaban J connectivity index is 2.15. The molecule has 4 nitrogen and oxygen atoms in total. The van der Waals surface area contributed by atoms with Crippen molar-refractivity contribution in [1.82, 2.24) is 14.7 Å². The van der Waals surface area contributed by atoms with Crippen molar-refractivity contribution in [3.63, 3.8) is 0 Å². The van der Waals surface area contributed by atoms with Crippen LogP contribution in [0.3, 0.4) is 0 Å². The number of carbonyl (C=O) groups excluding carboxylic acids is 1. The predicted octanol–water partition coefficient (Wildman–Crippen LogP) is 1.35. The minimum absolute atomic E-state index is 0.103. The molecular weight excluding hydrogens is 190 g/mol. The van der Waals surface area contributed by atoms with Gasteiger partial charge in [0.05, 0.1) is 6.04 Å². The summed E-state index contributed by atoms with van der Waals surface area (Å²) in [5.74, 6) is 0.103. The molecule has 1 fully saturated rings. The van der Waals surface area contributed by atoms with E-state index in [9.17, 15) is 4.79 Å². The molecule has 0 aromatic carbocycles. The normalized spacial score (nSPS) is 19.3. The molecule has 15 heavy (non-hydrogen) atoms. The van der Waals surface area contributed by atoms with Crippen LogP contribution in [0.1, 0.15) is 36.3 Å². The van der Waals surface area contributed by atoms with Crippen LogP contribution in [0.15, 0.2) is 12.3 Å². The average Bonchev–Trinajstić information content (AvgIpc) is 2.67. The van der Waals surface area contributed by atoms with E-state index in [4.69, 9.17) is 0 Å². The molecule has 0 saturated carbocycles. The lowest BCUT2D eigenvalue weighted by atomic mass is 10.1. The van der Waals surface area contributed by atoms with Crippen LogP contribution in [-0.4, -0.2) is 40.6 Å². The van der Waals surface area contributed by atoms with Crippen molar-refractivity contribution in [3.05, 3.63) is 18.0 Å². The van der Waals surface area contributed by atoms with Gasteiger partial charge in [-0.3, -0.25) is 9.48 Å². The molecule has 1 aliphatic rings. The number of ketones is 1. The molecule has 4 heteroatoms. The Kier molecular flexibility index (Phi) is 2.86. The van der Waals surface area contributed by atoms with Gasteiger partial charge in [0.15, 0.2) is 5.78 Å². The molecule has 0 atom stereocenters. The molecule has 0 aliphatic carbocycles. The molecule has 0 bridgehead atoms. The van der Waals surface area contributed by atoms with Gasteiger partial charge in [0.1, 0.15) is 5.69 Å². The summed E-state index contributed by atoms with van der Waals surface area (Å²) in [6.45, 7) is 3.77. The molecule has 1 saturated heterocycles. The van der Waals surface area contributed by atoms with Gasteiger partial charge in [-0.15, -0.1) is 0 Å². The van der Waals surface area contributed by atoms with Crippen LogP contribution < -0.4 is 0 Å². The van der Waals surface area contributed by atoms with E-state index >= 15 is 0 Å². The highest BCUT2D eigenvalue weighted by molar-refractivity contribution is 5.92. The Labute approximate surface area is 89.9 Å². The van der Waals surface area contributed by atoms with Gasteiger partial charge >= 0.3 is 0 Å². The van der Waals surface area contributed by atoms with Crippen LogP contribution in [0.4, 0.5) is 0 Å². The van der Waals surface area contributed by atoms with Gasteiger partial charge in [0.25, 0.3) is 0 Å². The van der Waals surface area contributed by atoms with Crippen molar-refractivity contribution in [2.75, 3.05) is 20.1 Å². The topological polar surface area (TPSA) is 38.1 Å². The van der Waals surface area contributed by atoms with Crippen LogP contribution >= 0.6 is 0 Å². The largest absolute Gasteiger partial charge is 0.306 e. The zero-order valence-electron chi connectivity index (χ0n) is 9.31. The smallest absolute Gasteiger partial charge is 0.177 e. The first-order valence-electron chi connectivity index (χ1n) is 5.41. The summed E-state index contributed by atoms with van der Waals surface area (Å²) >= 11 is 0. The van der Waals surface area contributed by atoms with E-state index in [1.54, 1.807) is 19.2 Å². The second-order valence-electron chi connectivity index (χ2n) is 4.25. The number of hydrogen-bond acceptors (Lipinski definition) is 3. The highest BCUT2D eigenvalue weighted by atomic mass is 16.1. The first-order chi connectivity index (χ1) is 7.18. The van der Waals surface area contributed by atoms with Gasteiger partial charge in [-0.2, -0.15) is 5.10 Å². The van der Waals surface area contributed by atoms with E-state index < -0.39 is 0 Å². The van der Waals surface area contributed by atoms with Gasteiger partial charge in [-0.1, -0.05) is 0 Å². The van der Waals surface area contributed by atoms with Crippen molar-refractivity contribution >= 4 is 5.78 Å². The van der Waals surface area contributed by atoms with E-state index in [1.165, 1.54) is 0 Å². The van der Waals surface area contributed by atoms with Gasteiger partial charge in [0.2, 0.25) is 0 Å². The molecule has 0 unspecified atom stereocenters. The zero-order valence-corrected chi connectivity index (χ0v) is 9.31. The number of rotatable bonds is 2. The van der Waals surface area contributed by atoms with E-state index in [2.05, 4.69) is 17.0 Å². The Hall–Kier alpha value is -1.16. The molecule has 0 radical (unpaired) electrons. The Morgan fingerprint density at radius 2 is 2.13 bits per heavy atom. The number of aromatic nitrogens is 2. The number of nitrogens with zero attached hydrogens (tertiary/aromatic N) is 3. The molecule has 0 amide bonds. The van der Waals surface area contributed by atoms with Crippen molar-refractivity contribution < 1.29 is 4.79 Å². The Morgan fingerprint density at radius 3 is 2.73 bits per heavy atom. The second-order valence-corrected chi connectivity index (χ2v) is 4.25. The maximum Gasteiger partial charge on any atom is 0.177 e. The fourth-order valence-corrected chi connectivity index (χ4v) is 2.12. The van der Waals surface area contributed by atoms with Gasteiger partial charge in [0, 0.05) is 13.1 Å². The maximum atomic E-state index is 11.4. The van der Waals surface area contributed by atoms with E-state index in [0.717, 1.165) is 31.6 Å². The summed E-state index contributed by atoms with van der Waals surface area (Å²) in [5, 5.41) is 4.26. The third-order valence-corrected chi connectivity index (χ3v) is 3.06. The number of Topliss-reactive ketones (excluding diaryl/α,β-unsaturated/α-hetero) is 1. The fourth-order valence-electron chi connectivity index (χ4n) is 2.12. The van der Waals surface area contributed by atoms with E-state index in [0.29, 0.717) is 6.04 Å². The molecule has 1 aromatic rings. The Bertz CT molecular complexity index is 350. The number of piperidine rings is 1. The summed E-state index contributed by atoms with van der Waals surface area (Å²) < 4.78 is 1.90. The summed E-state index contributed by atoms with van der Waals surface area (Å²) in [6, 6.07) is 2.20. The first kappa shape index (κ1) is 10.4. The standard InChI is InChI=1S/C11H17N3O/c1-9(15)11-3-6-12-14(11)10-4-7-13(2)8-5-10/h3,6,10H,4-5,7-8H2,1-2H3. The van der Waals surface area contributed by atoms with Crippen LogP contribution in [0.25, 0.3) is 0 Å². The van der Waals surface area contributed by atoms with E-state index in [1.807, 2.05) is 4.68 Å². The molecule has 82 valence electrons. The number of hydrogen-bond donors (Lipinski definition) is 0. The molecule has 1 aromatic heterocycles. The van der Waals surface area contributed by atoms with Gasteiger partial charge < -0.3 is 4.90 Å². The zero-order chi connectivity index (χ0) is 10.8. The SMILES string of the molecule is CC(=O)c1ccnn1C1CCN(C)CC1. The highest BCUT2D eigenvalue weighted by Gasteiger charge is 2.21. The summed E-state index contributed by atoms with van der Waals surface area (Å²) in [7, 11) is 2.13. The van der Waals surface area contributed by atoms with Crippen LogP contribution in [-0.2, 0) is 0 Å². The lowest BCUT2D eigenvalue weighted by Gasteiger charge is -2.29. The summed E-state index contributed by atoms with van der Waals surface area (Å²) in [4.78, 5) is 13.7. The fraction of sp³-hybridized carbons (Fsp3) is 0.636. The molecule has 0 N–H and O–H groups in total. The number of carbonyl (C=O) groups is 1. The average molecular weight is 207 g/mol. The van der Waals surface area contributed by atoms with Crippen molar-refractivity contribution in [1.29, 1.82) is 0 Å².